The number of halogens is 1. The van der Waals surface area contributed by atoms with E-state index in [-0.39, 0.29) is 5.91 Å². The molecular weight excluding hydrogens is 258 g/mol. The van der Waals surface area contributed by atoms with Crippen molar-refractivity contribution in [3.05, 3.63) is 29.1 Å². The molecule has 0 aromatic carbocycles. The SMILES string of the molecule is CC(=O)N(C)c1ccc2ncc(Br)n2c1. The smallest absolute Gasteiger partial charge is 0.223 e. The van der Waals surface area contributed by atoms with Gasteiger partial charge < -0.3 is 4.90 Å². The summed E-state index contributed by atoms with van der Waals surface area (Å²) in [5.74, 6) is 0.00517. The zero-order valence-electron chi connectivity index (χ0n) is 8.44. The second kappa shape index (κ2) is 3.66. The summed E-state index contributed by atoms with van der Waals surface area (Å²) >= 11 is 3.38. The number of anilines is 1. The van der Waals surface area contributed by atoms with Crippen LogP contribution in [0, 0.1) is 0 Å². The summed E-state index contributed by atoms with van der Waals surface area (Å²) < 4.78 is 2.76. The molecule has 2 rings (SSSR count). The Morgan fingerprint density at radius 3 is 2.93 bits per heavy atom. The van der Waals surface area contributed by atoms with Crippen LogP contribution in [0.15, 0.2) is 29.1 Å². The third kappa shape index (κ3) is 1.74. The number of fused-ring (bicyclic) bond motifs is 1. The fraction of sp³-hybridized carbons (Fsp3) is 0.200. The van der Waals surface area contributed by atoms with Gasteiger partial charge in [-0.1, -0.05) is 0 Å². The molecule has 78 valence electrons. The first kappa shape index (κ1) is 10.2. The number of carbonyl (C=O) groups is 1. The Balaban J connectivity index is 2.54. The monoisotopic (exact) mass is 267 g/mol. The van der Waals surface area contributed by atoms with Crippen LogP contribution >= 0.6 is 15.9 Å². The molecule has 0 aliphatic carbocycles. The Bertz CT molecular complexity index is 520. The van der Waals surface area contributed by atoms with Gasteiger partial charge in [0, 0.05) is 20.2 Å². The lowest BCUT2D eigenvalue weighted by atomic mass is 10.3. The molecule has 0 aliphatic heterocycles. The van der Waals surface area contributed by atoms with Crippen molar-refractivity contribution in [1.29, 1.82) is 0 Å². The number of aromatic nitrogens is 2. The van der Waals surface area contributed by atoms with Gasteiger partial charge in [0.15, 0.2) is 0 Å². The van der Waals surface area contributed by atoms with E-state index in [1.165, 1.54) is 6.92 Å². The number of amides is 1. The fourth-order valence-electron chi connectivity index (χ4n) is 1.32. The van der Waals surface area contributed by atoms with Crippen molar-refractivity contribution >= 4 is 33.2 Å². The first-order valence-corrected chi connectivity index (χ1v) is 5.26. The van der Waals surface area contributed by atoms with Gasteiger partial charge in [0.2, 0.25) is 5.91 Å². The second-order valence-corrected chi connectivity index (χ2v) is 4.09. The molecule has 2 heterocycles. The Kier molecular flexibility index (Phi) is 2.48. The molecule has 0 atom stereocenters. The summed E-state index contributed by atoms with van der Waals surface area (Å²) in [5, 5.41) is 0. The third-order valence-electron chi connectivity index (χ3n) is 2.30. The zero-order valence-corrected chi connectivity index (χ0v) is 10.0. The van der Waals surface area contributed by atoms with E-state index < -0.39 is 0 Å². The van der Waals surface area contributed by atoms with Gasteiger partial charge in [0.25, 0.3) is 0 Å². The Labute approximate surface area is 95.7 Å². The number of carbonyl (C=O) groups excluding carboxylic acids is 1. The van der Waals surface area contributed by atoms with E-state index in [2.05, 4.69) is 20.9 Å². The van der Waals surface area contributed by atoms with Gasteiger partial charge in [0.1, 0.15) is 10.3 Å². The highest BCUT2D eigenvalue weighted by atomic mass is 79.9. The van der Waals surface area contributed by atoms with Crippen LogP contribution in [0.5, 0.6) is 0 Å². The maximum absolute atomic E-state index is 11.2. The van der Waals surface area contributed by atoms with Crippen LogP contribution in [0.3, 0.4) is 0 Å². The lowest BCUT2D eigenvalue weighted by molar-refractivity contribution is -0.116. The second-order valence-electron chi connectivity index (χ2n) is 3.27. The van der Waals surface area contributed by atoms with Crippen molar-refractivity contribution in [2.45, 2.75) is 6.92 Å². The van der Waals surface area contributed by atoms with Crippen molar-refractivity contribution in [2.24, 2.45) is 0 Å². The average molecular weight is 268 g/mol. The maximum Gasteiger partial charge on any atom is 0.223 e. The number of pyridine rings is 1. The summed E-state index contributed by atoms with van der Waals surface area (Å²) in [7, 11) is 1.74. The van der Waals surface area contributed by atoms with E-state index >= 15 is 0 Å². The molecule has 0 spiro atoms. The summed E-state index contributed by atoms with van der Waals surface area (Å²) in [6.45, 7) is 1.53. The summed E-state index contributed by atoms with van der Waals surface area (Å²) in [6.07, 6.45) is 3.60. The van der Waals surface area contributed by atoms with Crippen LogP contribution in [-0.4, -0.2) is 22.3 Å². The molecule has 15 heavy (non-hydrogen) atoms. The Morgan fingerprint density at radius 2 is 2.27 bits per heavy atom. The van der Waals surface area contributed by atoms with Crippen molar-refractivity contribution in [2.75, 3.05) is 11.9 Å². The minimum Gasteiger partial charge on any atom is -0.314 e. The van der Waals surface area contributed by atoms with Gasteiger partial charge in [-0.15, -0.1) is 0 Å². The normalized spacial score (nSPS) is 10.6. The number of hydrogen-bond donors (Lipinski definition) is 0. The number of nitrogens with zero attached hydrogens (tertiary/aromatic N) is 3. The highest BCUT2D eigenvalue weighted by molar-refractivity contribution is 9.10. The van der Waals surface area contributed by atoms with Gasteiger partial charge in [-0.3, -0.25) is 9.20 Å². The standard InChI is InChI=1S/C10H10BrN3O/c1-7(15)13(2)8-3-4-10-12-5-9(11)14(10)6-8/h3-6H,1-2H3. The molecule has 0 bridgehead atoms. The lowest BCUT2D eigenvalue weighted by Crippen LogP contribution is -2.22. The molecule has 2 aromatic heterocycles. The summed E-state index contributed by atoms with van der Waals surface area (Å²) in [6, 6.07) is 3.75. The molecule has 4 nitrogen and oxygen atoms in total. The molecule has 1 amide bonds. The van der Waals surface area contributed by atoms with Gasteiger partial charge in [0.05, 0.1) is 11.9 Å². The first-order valence-electron chi connectivity index (χ1n) is 4.46. The molecule has 0 unspecified atom stereocenters. The molecule has 0 saturated carbocycles. The van der Waals surface area contributed by atoms with E-state index in [1.54, 1.807) is 18.1 Å². The van der Waals surface area contributed by atoms with E-state index in [9.17, 15) is 4.79 Å². The first-order chi connectivity index (χ1) is 7.09. The quantitative estimate of drug-likeness (QED) is 0.794. The largest absolute Gasteiger partial charge is 0.314 e. The van der Waals surface area contributed by atoms with Gasteiger partial charge in [-0.25, -0.2) is 4.98 Å². The number of imidazole rings is 1. The Morgan fingerprint density at radius 1 is 1.53 bits per heavy atom. The Hall–Kier alpha value is -1.36. The van der Waals surface area contributed by atoms with Crippen molar-refractivity contribution in [3.8, 4) is 0 Å². The van der Waals surface area contributed by atoms with Crippen molar-refractivity contribution < 1.29 is 4.79 Å². The van der Waals surface area contributed by atoms with Crippen LogP contribution in [-0.2, 0) is 4.79 Å². The van der Waals surface area contributed by atoms with E-state index in [0.717, 1.165) is 15.9 Å². The fourth-order valence-corrected chi connectivity index (χ4v) is 1.71. The van der Waals surface area contributed by atoms with Crippen LogP contribution in [0.1, 0.15) is 6.92 Å². The predicted octanol–water partition coefficient (Wildman–Crippen LogP) is 2.08. The molecule has 0 radical (unpaired) electrons. The summed E-state index contributed by atoms with van der Waals surface area (Å²) in [5.41, 5.74) is 1.69. The minimum absolute atomic E-state index is 0.00517. The highest BCUT2D eigenvalue weighted by Crippen LogP contribution is 2.18. The van der Waals surface area contributed by atoms with Crippen LogP contribution in [0.4, 0.5) is 5.69 Å². The van der Waals surface area contributed by atoms with E-state index in [4.69, 9.17) is 0 Å². The summed E-state index contributed by atoms with van der Waals surface area (Å²) in [4.78, 5) is 17.0. The third-order valence-corrected chi connectivity index (χ3v) is 2.89. The van der Waals surface area contributed by atoms with Crippen LogP contribution in [0.25, 0.3) is 5.65 Å². The minimum atomic E-state index is 0.00517. The lowest BCUT2D eigenvalue weighted by Gasteiger charge is -2.14. The van der Waals surface area contributed by atoms with Crippen molar-refractivity contribution in [1.82, 2.24) is 9.38 Å². The average Bonchev–Trinajstić information content (AvgIpc) is 2.59. The number of rotatable bonds is 1. The molecule has 0 fully saturated rings. The zero-order chi connectivity index (χ0) is 11.0. The van der Waals surface area contributed by atoms with Crippen LogP contribution in [0.2, 0.25) is 0 Å². The van der Waals surface area contributed by atoms with E-state index in [0.29, 0.717) is 0 Å². The van der Waals surface area contributed by atoms with E-state index in [1.807, 2.05) is 22.7 Å². The van der Waals surface area contributed by atoms with Crippen LogP contribution < -0.4 is 4.90 Å². The van der Waals surface area contributed by atoms with Gasteiger partial charge in [-0.2, -0.15) is 0 Å². The van der Waals surface area contributed by atoms with Gasteiger partial charge in [-0.05, 0) is 28.1 Å². The number of hydrogen-bond acceptors (Lipinski definition) is 2. The topological polar surface area (TPSA) is 37.6 Å². The van der Waals surface area contributed by atoms with Gasteiger partial charge >= 0.3 is 0 Å². The van der Waals surface area contributed by atoms with Crippen molar-refractivity contribution in [3.63, 3.8) is 0 Å². The molecule has 5 heteroatoms. The molecule has 0 aliphatic rings. The highest BCUT2D eigenvalue weighted by Gasteiger charge is 2.07. The predicted molar refractivity (Wildman–Crippen MR) is 62.0 cm³/mol. The maximum atomic E-state index is 11.2. The molecule has 0 saturated heterocycles. The molecule has 2 aromatic rings. The molecular formula is C10H10BrN3O. The molecule has 0 N–H and O–H groups in total.